The van der Waals surface area contributed by atoms with Crippen LogP contribution in [-0.2, 0) is 0 Å². The van der Waals surface area contributed by atoms with Crippen molar-refractivity contribution in [3.8, 4) is 5.88 Å². The van der Waals surface area contributed by atoms with E-state index in [2.05, 4.69) is 32.9 Å². The maximum absolute atomic E-state index is 12.2. The van der Waals surface area contributed by atoms with E-state index in [1.807, 2.05) is 26.0 Å². The number of pyridine rings is 1. The highest BCUT2D eigenvalue weighted by atomic mass is 127. The first-order chi connectivity index (χ1) is 9.56. The van der Waals surface area contributed by atoms with Crippen LogP contribution in [0.4, 0.5) is 5.69 Å². The first kappa shape index (κ1) is 14.8. The summed E-state index contributed by atoms with van der Waals surface area (Å²) in [4.78, 5) is 16.3. The Kier molecular flexibility index (Phi) is 4.94. The molecular formula is C15H15IN2O2. The quantitative estimate of drug-likeness (QED) is 0.821. The second-order valence-corrected chi connectivity index (χ2v) is 5.73. The molecule has 1 heterocycles. The number of aromatic nitrogens is 1. The molecule has 1 N–H and O–H groups in total. The van der Waals surface area contributed by atoms with Gasteiger partial charge in [-0.2, -0.15) is 0 Å². The summed E-state index contributed by atoms with van der Waals surface area (Å²) in [6.07, 6.45) is 1.64. The van der Waals surface area contributed by atoms with E-state index in [9.17, 15) is 4.79 Å². The van der Waals surface area contributed by atoms with E-state index in [-0.39, 0.29) is 12.0 Å². The summed E-state index contributed by atoms with van der Waals surface area (Å²) in [5.41, 5.74) is 1.18. The van der Waals surface area contributed by atoms with Crippen molar-refractivity contribution < 1.29 is 9.53 Å². The van der Waals surface area contributed by atoms with Crippen LogP contribution < -0.4 is 10.1 Å². The number of halogens is 1. The average Bonchev–Trinajstić information content (AvgIpc) is 2.41. The number of benzene rings is 1. The van der Waals surface area contributed by atoms with Gasteiger partial charge in [-0.05, 0) is 72.8 Å². The van der Waals surface area contributed by atoms with Crippen LogP contribution >= 0.6 is 22.6 Å². The molecule has 4 nitrogen and oxygen atoms in total. The fourth-order valence-electron chi connectivity index (χ4n) is 1.60. The summed E-state index contributed by atoms with van der Waals surface area (Å²) in [6, 6.07) is 10.9. The minimum atomic E-state index is -0.178. The molecule has 104 valence electrons. The van der Waals surface area contributed by atoms with Gasteiger partial charge in [-0.15, -0.1) is 0 Å². The summed E-state index contributed by atoms with van der Waals surface area (Å²) in [6.45, 7) is 3.83. The van der Waals surface area contributed by atoms with E-state index in [4.69, 9.17) is 4.74 Å². The van der Waals surface area contributed by atoms with Gasteiger partial charge in [0.2, 0.25) is 5.88 Å². The molecule has 2 aromatic rings. The van der Waals surface area contributed by atoms with Gasteiger partial charge >= 0.3 is 0 Å². The molecule has 1 aromatic carbocycles. The number of anilines is 1. The molecule has 0 saturated heterocycles. The number of nitrogens with one attached hydrogen (secondary N) is 1. The molecular weight excluding hydrogens is 367 g/mol. The van der Waals surface area contributed by atoms with Crippen molar-refractivity contribution in [2.45, 2.75) is 20.0 Å². The first-order valence-electron chi connectivity index (χ1n) is 6.25. The van der Waals surface area contributed by atoms with Gasteiger partial charge in [-0.1, -0.05) is 0 Å². The first-order valence-corrected chi connectivity index (χ1v) is 7.32. The minimum Gasteiger partial charge on any atom is -0.473 e. The van der Waals surface area contributed by atoms with Crippen molar-refractivity contribution in [2.24, 2.45) is 0 Å². The Morgan fingerprint density at radius 3 is 2.60 bits per heavy atom. The van der Waals surface area contributed by atoms with Gasteiger partial charge in [0, 0.05) is 15.3 Å². The van der Waals surface area contributed by atoms with E-state index in [1.165, 1.54) is 0 Å². The number of amides is 1. The van der Waals surface area contributed by atoms with Crippen LogP contribution in [0.25, 0.3) is 0 Å². The molecule has 0 aliphatic heterocycles. The van der Waals surface area contributed by atoms with Gasteiger partial charge in [-0.25, -0.2) is 4.98 Å². The lowest BCUT2D eigenvalue weighted by atomic mass is 10.2. The number of ether oxygens (including phenoxy) is 1. The van der Waals surface area contributed by atoms with Crippen molar-refractivity contribution in [3.63, 3.8) is 0 Å². The number of rotatable bonds is 4. The normalized spacial score (nSPS) is 10.4. The molecule has 20 heavy (non-hydrogen) atoms. The van der Waals surface area contributed by atoms with Crippen molar-refractivity contribution >= 4 is 34.2 Å². The number of hydrogen-bond acceptors (Lipinski definition) is 3. The highest BCUT2D eigenvalue weighted by molar-refractivity contribution is 14.1. The lowest BCUT2D eigenvalue weighted by Gasteiger charge is -2.13. The van der Waals surface area contributed by atoms with E-state index in [0.717, 1.165) is 3.57 Å². The topological polar surface area (TPSA) is 51.2 Å². The van der Waals surface area contributed by atoms with Crippen LogP contribution in [-0.4, -0.2) is 17.0 Å². The third-order valence-corrected chi connectivity index (χ3v) is 3.19. The van der Waals surface area contributed by atoms with E-state index in [1.54, 1.807) is 30.5 Å². The lowest BCUT2D eigenvalue weighted by Crippen LogP contribution is -2.15. The van der Waals surface area contributed by atoms with Crippen LogP contribution in [0.2, 0.25) is 0 Å². The molecule has 0 spiro atoms. The number of carbonyl (C=O) groups is 1. The Morgan fingerprint density at radius 1 is 1.25 bits per heavy atom. The van der Waals surface area contributed by atoms with E-state index < -0.39 is 0 Å². The Bertz CT molecular complexity index is 597. The van der Waals surface area contributed by atoms with Gasteiger partial charge in [0.15, 0.2) is 0 Å². The third kappa shape index (κ3) is 3.93. The van der Waals surface area contributed by atoms with Gasteiger partial charge in [0.1, 0.15) is 5.69 Å². The van der Waals surface area contributed by atoms with Gasteiger partial charge in [0.25, 0.3) is 5.91 Å². The molecule has 0 fully saturated rings. The van der Waals surface area contributed by atoms with Crippen LogP contribution in [0.5, 0.6) is 5.88 Å². The van der Waals surface area contributed by atoms with Crippen LogP contribution in [0.3, 0.4) is 0 Å². The number of carbonyl (C=O) groups excluding carboxylic acids is 1. The maximum atomic E-state index is 12.2. The summed E-state index contributed by atoms with van der Waals surface area (Å²) in [5.74, 6) is 0.254. The second-order valence-electron chi connectivity index (χ2n) is 4.48. The Balaban J connectivity index is 2.17. The smallest absolute Gasteiger partial charge is 0.255 e. The molecule has 0 aliphatic carbocycles. The molecule has 1 amide bonds. The largest absolute Gasteiger partial charge is 0.473 e. The Labute approximate surface area is 131 Å². The van der Waals surface area contributed by atoms with Crippen LogP contribution in [0.15, 0.2) is 42.6 Å². The van der Waals surface area contributed by atoms with Gasteiger partial charge in [0.05, 0.1) is 6.10 Å². The van der Waals surface area contributed by atoms with Gasteiger partial charge < -0.3 is 10.1 Å². The Hall–Kier alpha value is -1.63. The molecule has 2 rings (SSSR count). The molecule has 0 atom stereocenters. The lowest BCUT2D eigenvalue weighted by molar-refractivity contribution is 0.102. The van der Waals surface area contributed by atoms with Gasteiger partial charge in [-0.3, -0.25) is 4.79 Å². The van der Waals surface area contributed by atoms with E-state index in [0.29, 0.717) is 17.1 Å². The van der Waals surface area contributed by atoms with Crippen LogP contribution in [0.1, 0.15) is 24.2 Å². The summed E-state index contributed by atoms with van der Waals surface area (Å²) in [7, 11) is 0. The van der Waals surface area contributed by atoms with Crippen molar-refractivity contribution in [2.75, 3.05) is 5.32 Å². The van der Waals surface area contributed by atoms with E-state index >= 15 is 0 Å². The Morgan fingerprint density at radius 2 is 1.95 bits per heavy atom. The molecule has 5 heteroatoms. The number of nitrogens with zero attached hydrogens (tertiary/aromatic N) is 1. The maximum Gasteiger partial charge on any atom is 0.255 e. The van der Waals surface area contributed by atoms with Crippen molar-refractivity contribution in [1.29, 1.82) is 0 Å². The monoisotopic (exact) mass is 382 g/mol. The predicted octanol–water partition coefficient (Wildman–Crippen LogP) is 3.73. The summed E-state index contributed by atoms with van der Waals surface area (Å²) in [5, 5.41) is 2.82. The highest BCUT2D eigenvalue weighted by Crippen LogP contribution is 2.22. The van der Waals surface area contributed by atoms with Crippen molar-refractivity contribution in [1.82, 2.24) is 4.98 Å². The minimum absolute atomic E-state index is 0.00106. The molecule has 1 aromatic heterocycles. The van der Waals surface area contributed by atoms with Crippen molar-refractivity contribution in [3.05, 3.63) is 51.7 Å². The second kappa shape index (κ2) is 6.69. The zero-order valence-electron chi connectivity index (χ0n) is 11.3. The molecule has 0 bridgehead atoms. The molecule has 0 unspecified atom stereocenters. The summed E-state index contributed by atoms with van der Waals surface area (Å²) < 4.78 is 6.66. The molecule has 0 aliphatic rings. The fraction of sp³-hybridized carbons (Fsp3) is 0.200. The number of hydrogen-bond donors (Lipinski definition) is 1. The zero-order valence-corrected chi connectivity index (χ0v) is 13.4. The third-order valence-electron chi connectivity index (χ3n) is 2.47. The molecule has 0 saturated carbocycles. The summed E-state index contributed by atoms with van der Waals surface area (Å²) >= 11 is 2.20. The SMILES string of the molecule is CC(C)Oc1ncccc1NC(=O)c1ccc(I)cc1. The van der Waals surface area contributed by atoms with Crippen LogP contribution in [0, 0.1) is 3.57 Å². The fourth-order valence-corrected chi connectivity index (χ4v) is 1.96. The zero-order chi connectivity index (χ0) is 14.5. The predicted molar refractivity (Wildman–Crippen MR) is 87.1 cm³/mol. The average molecular weight is 382 g/mol. The highest BCUT2D eigenvalue weighted by Gasteiger charge is 2.11. The standard InChI is InChI=1S/C15H15IN2O2/c1-10(2)20-15-13(4-3-9-17-15)18-14(19)11-5-7-12(16)8-6-11/h3-10H,1-2H3,(H,18,19). The molecule has 0 radical (unpaired) electrons.